The largest absolute Gasteiger partial charge is 0.373 e. The molecule has 0 bridgehead atoms. The van der Waals surface area contributed by atoms with Crippen LogP contribution in [0.1, 0.15) is 30.9 Å². The number of nitriles is 1. The van der Waals surface area contributed by atoms with Crippen molar-refractivity contribution in [2.45, 2.75) is 32.5 Å². The number of amides is 1. The predicted molar refractivity (Wildman–Crippen MR) is 125 cm³/mol. The van der Waals surface area contributed by atoms with Crippen molar-refractivity contribution in [1.29, 1.82) is 5.26 Å². The van der Waals surface area contributed by atoms with Gasteiger partial charge in [-0.25, -0.2) is 9.97 Å². The first kappa shape index (κ1) is 22.2. The lowest BCUT2D eigenvalue weighted by molar-refractivity contribution is -0.114. The molecule has 0 unspecified atom stereocenters. The van der Waals surface area contributed by atoms with E-state index in [2.05, 4.69) is 48.7 Å². The number of nitrogens with one attached hydrogen (secondary N) is 2. The van der Waals surface area contributed by atoms with E-state index in [1.807, 2.05) is 18.2 Å². The average molecular weight is 444 g/mol. The zero-order chi connectivity index (χ0) is 23.0. The monoisotopic (exact) mass is 443 g/mol. The summed E-state index contributed by atoms with van der Waals surface area (Å²) in [6.45, 7) is 3.58. The zero-order valence-electron chi connectivity index (χ0n) is 18.4. The van der Waals surface area contributed by atoms with Gasteiger partial charge in [0.25, 0.3) is 0 Å². The van der Waals surface area contributed by atoms with Crippen LogP contribution in [-0.4, -0.2) is 40.1 Å². The minimum absolute atomic E-state index is 0.204. The van der Waals surface area contributed by atoms with Gasteiger partial charge in [0, 0.05) is 20.0 Å². The van der Waals surface area contributed by atoms with E-state index in [4.69, 9.17) is 4.74 Å². The normalized spacial score (nSPS) is 13.9. The number of ether oxygens (including phenoxy) is 1. The highest BCUT2D eigenvalue weighted by molar-refractivity contribution is 5.92. The number of piperidine rings is 1. The van der Waals surface area contributed by atoms with Crippen LogP contribution in [0.25, 0.3) is 0 Å². The Balaban J connectivity index is 1.38. The molecule has 3 aromatic rings. The molecular formula is C24H25N7O2. The van der Waals surface area contributed by atoms with Gasteiger partial charge in [-0.15, -0.1) is 0 Å². The van der Waals surface area contributed by atoms with E-state index in [1.54, 1.807) is 18.2 Å². The van der Waals surface area contributed by atoms with Crippen molar-refractivity contribution in [1.82, 2.24) is 15.0 Å². The van der Waals surface area contributed by atoms with Crippen molar-refractivity contribution >= 4 is 29.2 Å². The van der Waals surface area contributed by atoms with Crippen LogP contribution in [0.15, 0.2) is 54.9 Å². The minimum Gasteiger partial charge on any atom is -0.373 e. The molecule has 0 saturated carbocycles. The van der Waals surface area contributed by atoms with Crippen molar-refractivity contribution in [2.24, 2.45) is 0 Å². The van der Waals surface area contributed by atoms with Gasteiger partial charge in [-0.2, -0.15) is 10.2 Å². The number of nitrogens with zero attached hydrogens (tertiary/aromatic N) is 5. The van der Waals surface area contributed by atoms with Crippen LogP contribution in [0, 0.1) is 11.3 Å². The highest BCUT2D eigenvalue weighted by Crippen LogP contribution is 2.26. The number of hydrogen-bond donors (Lipinski definition) is 2. The van der Waals surface area contributed by atoms with Crippen molar-refractivity contribution in [3.05, 3.63) is 66.0 Å². The number of hydrogen-bond acceptors (Lipinski definition) is 8. The van der Waals surface area contributed by atoms with Gasteiger partial charge in [0.15, 0.2) is 0 Å². The van der Waals surface area contributed by atoms with Crippen LogP contribution in [0.5, 0.6) is 0 Å². The smallest absolute Gasteiger partial charge is 0.232 e. The molecule has 9 nitrogen and oxygen atoms in total. The zero-order valence-corrected chi connectivity index (χ0v) is 18.4. The van der Waals surface area contributed by atoms with Crippen molar-refractivity contribution < 1.29 is 9.53 Å². The molecule has 2 N–H and O–H groups in total. The summed E-state index contributed by atoms with van der Waals surface area (Å²) in [5.41, 5.74) is 2.43. The number of anilines is 4. The minimum atomic E-state index is -0.248. The maximum absolute atomic E-state index is 11.4. The Morgan fingerprint density at radius 3 is 2.61 bits per heavy atom. The molecule has 1 aliphatic rings. The first-order valence-electron chi connectivity index (χ1n) is 10.8. The standard InChI is InChI=1S/C24H25N7O2/c1-17(32)28-21-8-5-9-22(20(21)14-25)29-23-26-16-27-24(30-23)31-12-10-19(11-13-31)33-15-18-6-3-2-4-7-18/h2-9,16,19H,10-13,15H2,1H3,(H,28,32)(H,26,27,29,30). The van der Waals surface area contributed by atoms with Crippen LogP contribution in [-0.2, 0) is 16.1 Å². The van der Waals surface area contributed by atoms with Gasteiger partial charge in [-0.1, -0.05) is 36.4 Å². The molecular weight excluding hydrogens is 418 g/mol. The fourth-order valence-electron chi connectivity index (χ4n) is 3.70. The van der Waals surface area contributed by atoms with Gasteiger partial charge in [-0.05, 0) is 30.5 Å². The molecule has 1 aromatic heterocycles. The number of aromatic nitrogens is 3. The predicted octanol–water partition coefficient (Wildman–Crippen LogP) is 3.63. The molecule has 2 aromatic carbocycles. The van der Waals surface area contributed by atoms with E-state index in [0.29, 0.717) is 35.4 Å². The number of rotatable bonds is 7. The molecule has 0 spiro atoms. The molecule has 33 heavy (non-hydrogen) atoms. The summed E-state index contributed by atoms with van der Waals surface area (Å²) in [6, 6.07) is 17.5. The third-order valence-corrected chi connectivity index (χ3v) is 5.35. The van der Waals surface area contributed by atoms with Gasteiger partial charge in [0.1, 0.15) is 12.4 Å². The van der Waals surface area contributed by atoms with E-state index in [0.717, 1.165) is 25.9 Å². The summed E-state index contributed by atoms with van der Waals surface area (Å²) in [7, 11) is 0. The number of carbonyl (C=O) groups excluding carboxylic acids is 1. The Hall–Kier alpha value is -4.03. The lowest BCUT2D eigenvalue weighted by Crippen LogP contribution is -2.38. The first-order valence-corrected chi connectivity index (χ1v) is 10.8. The lowest BCUT2D eigenvalue weighted by Gasteiger charge is -2.31. The van der Waals surface area contributed by atoms with Gasteiger partial charge in [0.05, 0.1) is 29.6 Å². The second kappa shape index (κ2) is 10.5. The fraction of sp³-hybridized carbons (Fsp3) is 0.292. The second-order valence-electron chi connectivity index (χ2n) is 7.74. The Bertz CT molecular complexity index is 1140. The van der Waals surface area contributed by atoms with E-state index < -0.39 is 0 Å². The van der Waals surface area contributed by atoms with Crippen LogP contribution in [0.2, 0.25) is 0 Å². The maximum atomic E-state index is 11.4. The molecule has 2 heterocycles. The molecule has 0 atom stereocenters. The van der Waals surface area contributed by atoms with Crippen LogP contribution < -0.4 is 15.5 Å². The van der Waals surface area contributed by atoms with Gasteiger partial charge in [-0.3, -0.25) is 4.79 Å². The highest BCUT2D eigenvalue weighted by Gasteiger charge is 2.22. The topological polar surface area (TPSA) is 116 Å². The van der Waals surface area contributed by atoms with E-state index in [9.17, 15) is 10.1 Å². The third-order valence-electron chi connectivity index (χ3n) is 5.35. The second-order valence-corrected chi connectivity index (χ2v) is 7.74. The van der Waals surface area contributed by atoms with E-state index in [-0.39, 0.29) is 12.0 Å². The quantitative estimate of drug-likeness (QED) is 0.569. The van der Waals surface area contributed by atoms with Crippen molar-refractivity contribution in [3.8, 4) is 6.07 Å². The molecule has 168 valence electrons. The molecule has 1 fully saturated rings. The summed E-state index contributed by atoms with van der Waals surface area (Å²) >= 11 is 0. The summed E-state index contributed by atoms with van der Waals surface area (Å²) in [4.78, 5) is 26.6. The van der Waals surface area contributed by atoms with Crippen LogP contribution in [0.4, 0.5) is 23.3 Å². The Kier molecular flexibility index (Phi) is 7.07. The fourth-order valence-corrected chi connectivity index (χ4v) is 3.70. The summed E-state index contributed by atoms with van der Waals surface area (Å²) in [6.07, 6.45) is 3.43. The summed E-state index contributed by atoms with van der Waals surface area (Å²) in [5.74, 6) is 0.659. The number of carbonyl (C=O) groups is 1. The van der Waals surface area contributed by atoms with E-state index in [1.165, 1.54) is 18.8 Å². The lowest BCUT2D eigenvalue weighted by atomic mass is 10.1. The summed E-state index contributed by atoms with van der Waals surface area (Å²) in [5, 5.41) is 15.3. The summed E-state index contributed by atoms with van der Waals surface area (Å²) < 4.78 is 6.07. The van der Waals surface area contributed by atoms with Gasteiger partial charge in [0.2, 0.25) is 17.8 Å². The maximum Gasteiger partial charge on any atom is 0.232 e. The van der Waals surface area contributed by atoms with E-state index >= 15 is 0 Å². The molecule has 0 radical (unpaired) electrons. The molecule has 0 aliphatic carbocycles. The average Bonchev–Trinajstić information content (AvgIpc) is 2.84. The highest BCUT2D eigenvalue weighted by atomic mass is 16.5. The Morgan fingerprint density at radius 1 is 1.12 bits per heavy atom. The first-order chi connectivity index (χ1) is 16.1. The van der Waals surface area contributed by atoms with Gasteiger partial charge >= 0.3 is 0 Å². The SMILES string of the molecule is CC(=O)Nc1cccc(Nc2ncnc(N3CCC(OCc4ccccc4)CC3)n2)c1C#N. The Morgan fingerprint density at radius 2 is 1.88 bits per heavy atom. The molecule has 9 heteroatoms. The molecule has 1 saturated heterocycles. The van der Waals surface area contributed by atoms with Crippen molar-refractivity contribution in [3.63, 3.8) is 0 Å². The molecule has 1 aliphatic heterocycles. The number of benzene rings is 2. The Labute approximate surface area is 192 Å². The molecule has 1 amide bonds. The van der Waals surface area contributed by atoms with Crippen molar-refractivity contribution in [2.75, 3.05) is 28.6 Å². The van der Waals surface area contributed by atoms with Gasteiger partial charge < -0.3 is 20.3 Å². The van der Waals surface area contributed by atoms with Crippen LogP contribution >= 0.6 is 0 Å². The van der Waals surface area contributed by atoms with Crippen LogP contribution in [0.3, 0.4) is 0 Å². The third kappa shape index (κ3) is 5.81. The molecule has 4 rings (SSSR count).